The molecule has 3 aromatic rings. The van der Waals surface area contributed by atoms with Crippen LogP contribution in [0.5, 0.6) is 0 Å². The van der Waals surface area contributed by atoms with Crippen LogP contribution >= 0.6 is 0 Å². The Morgan fingerprint density at radius 2 is 1.70 bits per heavy atom. The van der Waals surface area contributed by atoms with E-state index in [1.54, 1.807) is 0 Å². The number of nitrogens with one attached hydrogen (secondary N) is 2. The highest BCUT2D eigenvalue weighted by molar-refractivity contribution is 5.98. The first-order valence-corrected chi connectivity index (χ1v) is 13.4. The summed E-state index contributed by atoms with van der Waals surface area (Å²) >= 11 is 0. The number of hydrogen-bond donors (Lipinski definition) is 4. The zero-order valence-electron chi connectivity index (χ0n) is 24.2. The summed E-state index contributed by atoms with van der Waals surface area (Å²) < 4.78 is 110. The van der Waals surface area contributed by atoms with Crippen molar-refractivity contribution in [1.29, 1.82) is 0 Å². The molecule has 4 rings (SSSR count). The van der Waals surface area contributed by atoms with Crippen molar-refractivity contribution in [3.05, 3.63) is 88.3 Å². The van der Waals surface area contributed by atoms with Crippen LogP contribution in [0.2, 0.25) is 0 Å². The number of aliphatic hydroxyl groups is 1. The van der Waals surface area contributed by atoms with E-state index in [1.165, 1.54) is 49.3 Å². The van der Waals surface area contributed by atoms with Gasteiger partial charge in [-0.05, 0) is 43.7 Å². The van der Waals surface area contributed by atoms with Gasteiger partial charge in [-0.15, -0.1) is 0 Å². The summed E-state index contributed by atoms with van der Waals surface area (Å²) in [5.41, 5.74) is -3.27. The van der Waals surface area contributed by atoms with Crippen molar-refractivity contribution in [2.24, 2.45) is 0 Å². The van der Waals surface area contributed by atoms with Gasteiger partial charge in [-0.2, -0.15) is 26.3 Å². The van der Waals surface area contributed by atoms with Crippen LogP contribution < -0.4 is 10.6 Å². The molecule has 0 spiro atoms. The number of benzene rings is 2. The Morgan fingerprint density at radius 1 is 1.07 bits per heavy atom. The van der Waals surface area contributed by atoms with Gasteiger partial charge in [0, 0.05) is 47.6 Å². The van der Waals surface area contributed by atoms with Crippen LogP contribution in [0.4, 0.5) is 40.8 Å². The Bertz CT molecular complexity index is 1730. The number of anilines is 1. The fourth-order valence-corrected chi connectivity index (χ4v) is 4.92. The van der Waals surface area contributed by atoms with Gasteiger partial charge in [-0.1, -0.05) is 18.2 Å². The second kappa shape index (κ2) is 12.6. The average molecular weight is 659 g/mol. The summed E-state index contributed by atoms with van der Waals surface area (Å²) in [6.07, 6.45) is -9.69. The van der Waals surface area contributed by atoms with E-state index in [4.69, 9.17) is 0 Å². The van der Waals surface area contributed by atoms with Crippen molar-refractivity contribution >= 4 is 34.0 Å². The largest absolute Gasteiger partial charge is 0.480 e. The molecule has 2 aromatic carbocycles. The van der Waals surface area contributed by atoms with Gasteiger partial charge in [0.2, 0.25) is 0 Å². The van der Waals surface area contributed by atoms with Crippen LogP contribution in [-0.2, 0) is 11.2 Å². The molecule has 8 nitrogen and oxygen atoms in total. The molecule has 46 heavy (non-hydrogen) atoms. The second-order valence-corrected chi connectivity index (χ2v) is 10.6. The van der Waals surface area contributed by atoms with E-state index in [-0.39, 0.29) is 27.7 Å². The molecule has 0 bridgehead atoms. The second-order valence-electron chi connectivity index (χ2n) is 10.6. The number of halogens is 8. The molecule has 0 saturated heterocycles. The number of allylic oxidation sites excluding steroid dienone is 3. The highest BCUT2D eigenvalue weighted by Crippen LogP contribution is 2.42. The van der Waals surface area contributed by atoms with Crippen molar-refractivity contribution in [2.45, 2.75) is 50.9 Å². The normalized spacial score (nSPS) is 17.1. The molecule has 1 unspecified atom stereocenters. The molecular formula is C30H26F8N4O4. The highest BCUT2D eigenvalue weighted by Gasteiger charge is 2.41. The summed E-state index contributed by atoms with van der Waals surface area (Å²) in [7, 11) is 1.40. The number of nitrogens with zero attached hydrogens (tertiary/aromatic N) is 2. The summed E-state index contributed by atoms with van der Waals surface area (Å²) in [5, 5.41) is 24.7. The first kappa shape index (κ1) is 34.1. The maximum Gasteiger partial charge on any atom is 0.416 e. The molecule has 3 atom stereocenters. The number of pyridine rings is 1. The molecule has 1 aliphatic heterocycles. The zero-order valence-corrected chi connectivity index (χ0v) is 24.2. The molecule has 0 radical (unpaired) electrons. The number of alkyl halides is 6. The Hall–Kier alpha value is -4.73. The molecule has 1 aliphatic rings. The van der Waals surface area contributed by atoms with E-state index in [1.807, 2.05) is 10.6 Å². The summed E-state index contributed by atoms with van der Waals surface area (Å²) in [6.45, 7) is 2.10. The number of hydrogen-bond acceptors (Lipinski definition) is 6. The third-order valence-electron chi connectivity index (χ3n) is 7.45. The number of carbonyl (C=O) groups excluding carboxylic acids is 1. The number of likely N-dealkylation sites (N-methyl/N-ethyl adjacent to an activating group) is 1. The molecule has 246 valence electrons. The van der Waals surface area contributed by atoms with E-state index in [0.717, 1.165) is 6.08 Å². The maximum absolute atomic E-state index is 14.7. The standard InChI is InChI=1S/C30H26F8N4O4/c1-13-9-19(30(36,37)38)23(27(44)42(13)3)18-7-6-15(17-5-4-8-39-25(17)18)10-22(28(45)46)41-26(43)24-20(31)11-16(12-21(24)32)40-14(2)29(33,34)35/h4-9,11-12,14,22,27,40,44H,10H2,1-3H3,(H,41,43)(H,45,46)/t14-,22+,27?/m1/s1. The third-order valence-corrected chi connectivity index (χ3v) is 7.45. The zero-order chi connectivity index (χ0) is 34.3. The number of amides is 1. The average Bonchev–Trinajstić information content (AvgIpc) is 2.94. The molecule has 0 saturated carbocycles. The Morgan fingerprint density at radius 3 is 2.26 bits per heavy atom. The van der Waals surface area contributed by atoms with Gasteiger partial charge in [0.15, 0.2) is 6.23 Å². The Balaban J connectivity index is 1.69. The van der Waals surface area contributed by atoms with E-state index in [2.05, 4.69) is 4.98 Å². The van der Waals surface area contributed by atoms with Crippen LogP contribution in [0, 0.1) is 11.6 Å². The van der Waals surface area contributed by atoms with Crippen LogP contribution in [0.25, 0.3) is 16.5 Å². The van der Waals surface area contributed by atoms with Gasteiger partial charge in [0.05, 0.1) is 11.1 Å². The van der Waals surface area contributed by atoms with E-state index in [0.29, 0.717) is 19.1 Å². The van der Waals surface area contributed by atoms with E-state index in [9.17, 15) is 54.9 Å². The van der Waals surface area contributed by atoms with Crippen LogP contribution in [0.15, 0.2) is 59.9 Å². The monoisotopic (exact) mass is 658 g/mol. The first-order valence-electron chi connectivity index (χ1n) is 13.4. The van der Waals surface area contributed by atoms with E-state index < -0.39 is 83.0 Å². The van der Waals surface area contributed by atoms with Gasteiger partial charge in [-0.3, -0.25) is 9.78 Å². The van der Waals surface area contributed by atoms with Crippen molar-refractivity contribution in [2.75, 3.05) is 12.4 Å². The predicted molar refractivity (Wildman–Crippen MR) is 150 cm³/mol. The lowest BCUT2D eigenvalue weighted by molar-refractivity contribution is -0.139. The molecular weight excluding hydrogens is 632 g/mol. The van der Waals surface area contributed by atoms with Crippen molar-refractivity contribution in [3.8, 4) is 0 Å². The number of fused-ring (bicyclic) bond motifs is 1. The molecule has 16 heteroatoms. The number of carboxylic acid groups (broad SMARTS) is 1. The van der Waals surface area contributed by atoms with Gasteiger partial charge < -0.3 is 25.7 Å². The maximum atomic E-state index is 14.7. The highest BCUT2D eigenvalue weighted by atomic mass is 19.4. The van der Waals surface area contributed by atoms with E-state index >= 15 is 0 Å². The molecule has 2 heterocycles. The summed E-state index contributed by atoms with van der Waals surface area (Å²) in [4.78, 5) is 30.3. The smallest absolute Gasteiger partial charge is 0.416 e. The topological polar surface area (TPSA) is 115 Å². The molecule has 1 aromatic heterocycles. The van der Waals surface area contributed by atoms with Gasteiger partial charge in [0.1, 0.15) is 29.3 Å². The Labute approximate surface area is 256 Å². The number of aliphatic hydroxyl groups excluding tert-OH is 1. The first-order chi connectivity index (χ1) is 21.3. The molecule has 1 amide bonds. The third kappa shape index (κ3) is 6.90. The molecule has 4 N–H and O–H groups in total. The minimum absolute atomic E-state index is 0.0270. The fourth-order valence-electron chi connectivity index (χ4n) is 4.92. The van der Waals surface area contributed by atoms with Gasteiger partial charge in [0.25, 0.3) is 5.91 Å². The van der Waals surface area contributed by atoms with Crippen molar-refractivity contribution in [3.63, 3.8) is 0 Å². The van der Waals surface area contributed by atoms with Crippen molar-refractivity contribution in [1.82, 2.24) is 15.2 Å². The van der Waals surface area contributed by atoms with Crippen LogP contribution in [-0.4, -0.2) is 69.7 Å². The lowest BCUT2D eigenvalue weighted by Crippen LogP contribution is -2.43. The quantitative estimate of drug-likeness (QED) is 0.227. The van der Waals surface area contributed by atoms with Crippen LogP contribution in [0.3, 0.4) is 0 Å². The minimum atomic E-state index is -4.85. The summed E-state index contributed by atoms with van der Waals surface area (Å²) in [5.74, 6) is -6.29. The SMILES string of the molecule is CC1=CC(C(F)(F)F)=C(c2ccc(C[C@H](NC(=O)c3c(F)cc(N[C@H](C)C(F)(F)F)cc3F)C(=O)O)c3cccnc23)C(O)N1C. The number of carboxylic acids is 1. The molecule has 0 fully saturated rings. The lowest BCUT2D eigenvalue weighted by atomic mass is 9.89. The minimum Gasteiger partial charge on any atom is -0.480 e. The number of aliphatic carboxylic acids is 1. The number of aromatic nitrogens is 1. The fraction of sp³-hybridized carbons (Fsp3) is 0.300. The molecule has 0 aliphatic carbocycles. The van der Waals surface area contributed by atoms with Gasteiger partial charge >= 0.3 is 18.3 Å². The number of carbonyl (C=O) groups is 2. The summed E-state index contributed by atoms with van der Waals surface area (Å²) in [6, 6.07) is 2.24. The lowest BCUT2D eigenvalue weighted by Gasteiger charge is -2.34. The van der Waals surface area contributed by atoms with Gasteiger partial charge in [-0.25, -0.2) is 13.6 Å². The van der Waals surface area contributed by atoms with Crippen LogP contribution in [0.1, 0.15) is 35.3 Å². The number of rotatable bonds is 8. The van der Waals surface area contributed by atoms with Crippen molar-refractivity contribution < 1.29 is 54.9 Å². The predicted octanol–water partition coefficient (Wildman–Crippen LogP) is 5.78. The Kier molecular flexibility index (Phi) is 9.34.